The number of carboxylic acids is 1. The zero-order valence-electron chi connectivity index (χ0n) is 11.1. The molecule has 0 spiro atoms. The van der Waals surface area contributed by atoms with Gasteiger partial charge in [-0.15, -0.1) is 0 Å². The Bertz CT molecular complexity index is 714. The molecular formula is C15H15NO3. The van der Waals surface area contributed by atoms with Crippen LogP contribution >= 0.6 is 0 Å². The summed E-state index contributed by atoms with van der Waals surface area (Å²) in [6.45, 7) is 3.93. The standard InChI is InChI=1S/C15H15NO3/c1-9-5-4-6-11(10(9)2)12-7-8-13(15(18)19)16(3)14(12)17/h4-8H,1-3H3,(H,18,19). The summed E-state index contributed by atoms with van der Waals surface area (Å²) in [6, 6.07) is 8.78. The van der Waals surface area contributed by atoms with Crippen molar-refractivity contribution in [3.63, 3.8) is 0 Å². The fourth-order valence-electron chi connectivity index (χ4n) is 2.10. The molecule has 0 unspecified atom stereocenters. The summed E-state index contributed by atoms with van der Waals surface area (Å²) in [6.07, 6.45) is 0. The van der Waals surface area contributed by atoms with Crippen LogP contribution in [-0.2, 0) is 7.05 Å². The average Bonchev–Trinajstić information content (AvgIpc) is 2.36. The summed E-state index contributed by atoms with van der Waals surface area (Å²) in [7, 11) is 1.47. The largest absolute Gasteiger partial charge is 0.477 e. The van der Waals surface area contributed by atoms with E-state index in [1.807, 2.05) is 32.0 Å². The maximum absolute atomic E-state index is 12.3. The first-order valence-electron chi connectivity index (χ1n) is 5.93. The Morgan fingerprint density at radius 1 is 1.11 bits per heavy atom. The van der Waals surface area contributed by atoms with Crippen LogP contribution in [-0.4, -0.2) is 15.6 Å². The number of aromatic nitrogens is 1. The first-order valence-corrected chi connectivity index (χ1v) is 5.93. The van der Waals surface area contributed by atoms with Crippen molar-refractivity contribution in [3.8, 4) is 11.1 Å². The van der Waals surface area contributed by atoms with Crippen LogP contribution in [0.3, 0.4) is 0 Å². The van der Waals surface area contributed by atoms with Gasteiger partial charge in [0.05, 0.1) is 0 Å². The second-order valence-electron chi connectivity index (χ2n) is 4.55. The van der Waals surface area contributed by atoms with Crippen molar-refractivity contribution >= 4 is 5.97 Å². The Balaban J connectivity index is 2.72. The normalized spacial score (nSPS) is 10.5. The lowest BCUT2D eigenvalue weighted by Gasteiger charge is -2.11. The van der Waals surface area contributed by atoms with Gasteiger partial charge in [0.1, 0.15) is 5.69 Å². The number of aryl methyl sites for hydroxylation is 1. The molecule has 19 heavy (non-hydrogen) atoms. The van der Waals surface area contributed by atoms with Gasteiger partial charge in [0, 0.05) is 12.6 Å². The van der Waals surface area contributed by atoms with Crippen LogP contribution in [0.25, 0.3) is 11.1 Å². The third kappa shape index (κ3) is 2.17. The minimum absolute atomic E-state index is 0.0148. The van der Waals surface area contributed by atoms with Gasteiger partial charge in [-0.3, -0.25) is 4.79 Å². The molecule has 0 aliphatic heterocycles. The van der Waals surface area contributed by atoms with Crippen molar-refractivity contribution in [1.82, 2.24) is 4.57 Å². The average molecular weight is 257 g/mol. The fraction of sp³-hybridized carbons (Fsp3) is 0.200. The van der Waals surface area contributed by atoms with Crippen LogP contribution in [0.4, 0.5) is 0 Å². The Morgan fingerprint density at radius 2 is 1.79 bits per heavy atom. The predicted molar refractivity (Wildman–Crippen MR) is 73.6 cm³/mol. The predicted octanol–water partition coefficient (Wildman–Crippen LogP) is 2.37. The van der Waals surface area contributed by atoms with E-state index in [1.54, 1.807) is 6.07 Å². The van der Waals surface area contributed by atoms with E-state index in [2.05, 4.69) is 0 Å². The fourth-order valence-corrected chi connectivity index (χ4v) is 2.10. The Morgan fingerprint density at radius 3 is 2.42 bits per heavy atom. The molecule has 0 saturated heterocycles. The van der Waals surface area contributed by atoms with Crippen LogP contribution in [0.15, 0.2) is 35.1 Å². The third-order valence-electron chi connectivity index (χ3n) is 3.42. The zero-order valence-corrected chi connectivity index (χ0v) is 11.1. The molecule has 0 radical (unpaired) electrons. The van der Waals surface area contributed by atoms with Gasteiger partial charge in [-0.05, 0) is 42.7 Å². The number of pyridine rings is 1. The molecule has 4 nitrogen and oxygen atoms in total. The highest BCUT2D eigenvalue weighted by atomic mass is 16.4. The number of rotatable bonds is 2. The molecule has 0 fully saturated rings. The minimum Gasteiger partial charge on any atom is -0.477 e. The molecule has 1 heterocycles. The highest BCUT2D eigenvalue weighted by Crippen LogP contribution is 2.22. The van der Waals surface area contributed by atoms with Gasteiger partial charge in [-0.1, -0.05) is 18.2 Å². The van der Waals surface area contributed by atoms with Gasteiger partial charge in [0.25, 0.3) is 5.56 Å². The lowest BCUT2D eigenvalue weighted by atomic mass is 9.98. The number of hydrogen-bond acceptors (Lipinski definition) is 2. The highest BCUT2D eigenvalue weighted by molar-refractivity contribution is 5.86. The molecule has 1 aromatic heterocycles. The highest BCUT2D eigenvalue weighted by Gasteiger charge is 2.13. The smallest absolute Gasteiger partial charge is 0.352 e. The second kappa shape index (κ2) is 4.72. The molecule has 4 heteroatoms. The number of carboxylic acid groups (broad SMARTS) is 1. The van der Waals surface area contributed by atoms with Crippen molar-refractivity contribution in [2.45, 2.75) is 13.8 Å². The van der Waals surface area contributed by atoms with E-state index in [0.717, 1.165) is 16.7 Å². The van der Waals surface area contributed by atoms with Crippen LogP contribution in [0.1, 0.15) is 21.6 Å². The Labute approximate surface area is 110 Å². The van der Waals surface area contributed by atoms with E-state index in [1.165, 1.54) is 17.7 Å². The van der Waals surface area contributed by atoms with Crippen molar-refractivity contribution in [2.75, 3.05) is 0 Å². The first kappa shape index (κ1) is 13.1. The van der Waals surface area contributed by atoms with Gasteiger partial charge in [0.15, 0.2) is 0 Å². The summed E-state index contributed by atoms with van der Waals surface area (Å²) in [5, 5.41) is 8.99. The van der Waals surface area contributed by atoms with Crippen LogP contribution in [0, 0.1) is 13.8 Å². The molecule has 1 aromatic carbocycles. The van der Waals surface area contributed by atoms with Gasteiger partial charge in [-0.2, -0.15) is 0 Å². The summed E-state index contributed by atoms with van der Waals surface area (Å²) in [5.74, 6) is -1.10. The topological polar surface area (TPSA) is 59.3 Å². The molecule has 2 rings (SSSR count). The monoisotopic (exact) mass is 257 g/mol. The number of benzene rings is 1. The lowest BCUT2D eigenvalue weighted by molar-refractivity contribution is 0.0685. The van der Waals surface area contributed by atoms with Crippen molar-refractivity contribution < 1.29 is 9.90 Å². The molecule has 0 amide bonds. The summed E-state index contributed by atoms with van der Waals surface area (Å²) >= 11 is 0. The number of nitrogens with zero attached hydrogens (tertiary/aromatic N) is 1. The minimum atomic E-state index is -1.10. The van der Waals surface area contributed by atoms with Gasteiger partial charge in [0.2, 0.25) is 0 Å². The number of carbonyl (C=O) groups is 1. The molecule has 0 saturated carbocycles. The molecule has 1 N–H and O–H groups in total. The van der Waals surface area contributed by atoms with Crippen molar-refractivity contribution in [2.24, 2.45) is 7.05 Å². The molecule has 2 aromatic rings. The molecule has 0 aliphatic rings. The maximum atomic E-state index is 12.3. The van der Waals surface area contributed by atoms with E-state index in [4.69, 9.17) is 5.11 Å². The van der Waals surface area contributed by atoms with E-state index < -0.39 is 5.97 Å². The number of aromatic carboxylic acids is 1. The second-order valence-corrected chi connectivity index (χ2v) is 4.55. The molecule has 0 bridgehead atoms. The van der Waals surface area contributed by atoms with E-state index in [0.29, 0.717) is 5.56 Å². The summed E-state index contributed by atoms with van der Waals surface area (Å²) < 4.78 is 1.17. The van der Waals surface area contributed by atoms with Gasteiger partial charge in [-0.25, -0.2) is 4.79 Å². The van der Waals surface area contributed by atoms with Crippen LogP contribution in [0.5, 0.6) is 0 Å². The van der Waals surface area contributed by atoms with E-state index >= 15 is 0 Å². The van der Waals surface area contributed by atoms with Gasteiger partial charge < -0.3 is 9.67 Å². The van der Waals surface area contributed by atoms with Crippen LogP contribution in [0.2, 0.25) is 0 Å². The summed E-state index contributed by atoms with van der Waals surface area (Å²) in [4.78, 5) is 23.2. The summed E-state index contributed by atoms with van der Waals surface area (Å²) in [5.41, 5.74) is 3.18. The molecule has 0 aliphatic carbocycles. The quantitative estimate of drug-likeness (QED) is 0.898. The SMILES string of the molecule is Cc1cccc(-c2ccc(C(=O)O)n(C)c2=O)c1C. The Kier molecular flexibility index (Phi) is 3.25. The Hall–Kier alpha value is -2.36. The van der Waals surface area contributed by atoms with Crippen LogP contribution < -0.4 is 5.56 Å². The van der Waals surface area contributed by atoms with Crippen molar-refractivity contribution in [1.29, 1.82) is 0 Å². The molecule has 0 atom stereocenters. The number of hydrogen-bond donors (Lipinski definition) is 1. The van der Waals surface area contributed by atoms with Gasteiger partial charge >= 0.3 is 5.97 Å². The maximum Gasteiger partial charge on any atom is 0.352 e. The molecule has 98 valence electrons. The zero-order chi connectivity index (χ0) is 14.2. The lowest BCUT2D eigenvalue weighted by Crippen LogP contribution is -2.24. The third-order valence-corrected chi connectivity index (χ3v) is 3.42. The first-order chi connectivity index (χ1) is 8.93. The van der Waals surface area contributed by atoms with E-state index in [9.17, 15) is 9.59 Å². The molecular weight excluding hydrogens is 242 g/mol. The van der Waals surface area contributed by atoms with E-state index in [-0.39, 0.29) is 11.3 Å². The van der Waals surface area contributed by atoms with Crippen molar-refractivity contribution in [3.05, 3.63) is 57.5 Å².